The molecule has 13 heteroatoms. The number of carbonyl (C=O) groups excluding carboxylic acids is 3. The third-order valence-corrected chi connectivity index (χ3v) is 6.73. The maximum Gasteiger partial charge on any atom is 0.283 e. The summed E-state index contributed by atoms with van der Waals surface area (Å²) in [4.78, 5) is 46.5. The van der Waals surface area contributed by atoms with Gasteiger partial charge in [0.05, 0.1) is 10.7 Å². The lowest BCUT2D eigenvalue weighted by Gasteiger charge is -2.22. The van der Waals surface area contributed by atoms with Crippen molar-refractivity contribution in [3.63, 3.8) is 0 Å². The Morgan fingerprint density at radius 2 is 2.09 bits per heavy atom. The van der Waals surface area contributed by atoms with Crippen molar-refractivity contribution in [2.45, 2.75) is 19.0 Å². The Kier molecular flexibility index (Phi) is 8.52. The highest BCUT2D eigenvalue weighted by Crippen LogP contribution is 2.24. The van der Waals surface area contributed by atoms with Gasteiger partial charge in [-0.05, 0) is 25.2 Å². The Morgan fingerprint density at radius 1 is 1.35 bits per heavy atom. The molecular weight excluding hydrogens is 503 g/mol. The quantitative estimate of drug-likeness (QED) is 0.491. The fourth-order valence-corrected chi connectivity index (χ4v) is 4.53. The van der Waals surface area contributed by atoms with E-state index in [9.17, 15) is 18.8 Å². The number of likely N-dealkylation sites (N-methyl/N-ethyl adjacent to an activating group) is 2. The second-order valence-corrected chi connectivity index (χ2v) is 9.83. The number of thiazole rings is 1. The first-order valence-corrected chi connectivity index (χ1v) is 11.9. The van der Waals surface area contributed by atoms with E-state index in [0.29, 0.717) is 0 Å². The van der Waals surface area contributed by atoms with Crippen LogP contribution in [0.5, 0.6) is 0 Å². The predicted molar refractivity (Wildman–Crippen MR) is 133 cm³/mol. The number of anilines is 1. The molecule has 0 aliphatic carbocycles. The number of benzene rings is 1. The van der Waals surface area contributed by atoms with Gasteiger partial charge in [-0.15, -0.1) is 11.3 Å². The van der Waals surface area contributed by atoms with Gasteiger partial charge in [0.25, 0.3) is 11.8 Å². The lowest BCUT2D eigenvalue weighted by Crippen LogP contribution is -2.53. The molecule has 9 nitrogen and oxygen atoms in total. The lowest BCUT2D eigenvalue weighted by atomic mass is 10.2. The number of hydrogen-bond donors (Lipinski definition) is 3. The summed E-state index contributed by atoms with van der Waals surface area (Å²) in [7, 11) is 5.11. The van der Waals surface area contributed by atoms with Crippen LogP contribution in [-0.4, -0.2) is 77.8 Å². The van der Waals surface area contributed by atoms with Gasteiger partial charge < -0.3 is 25.8 Å². The highest BCUT2D eigenvalue weighted by Gasteiger charge is 2.27. The molecule has 2 heterocycles. The van der Waals surface area contributed by atoms with Crippen LogP contribution in [0.2, 0.25) is 5.02 Å². The van der Waals surface area contributed by atoms with Crippen LogP contribution in [0.4, 0.5) is 10.1 Å². The van der Waals surface area contributed by atoms with Crippen LogP contribution in [0.15, 0.2) is 18.2 Å². The van der Waals surface area contributed by atoms with Gasteiger partial charge in [-0.2, -0.15) is 0 Å². The van der Waals surface area contributed by atoms with Crippen molar-refractivity contribution < 1.29 is 18.8 Å². The Hall–Kier alpha value is -2.67. The molecule has 0 radical (unpaired) electrons. The highest BCUT2D eigenvalue weighted by molar-refractivity contribution is 7.82. The number of aromatic nitrogens is 1. The molecule has 34 heavy (non-hydrogen) atoms. The van der Waals surface area contributed by atoms with E-state index in [4.69, 9.17) is 23.8 Å². The number of fused-ring (bicyclic) bond motifs is 1. The van der Waals surface area contributed by atoms with Crippen LogP contribution in [0, 0.1) is 5.82 Å². The molecule has 1 aromatic carbocycles. The highest BCUT2D eigenvalue weighted by atomic mass is 35.5. The molecule has 1 aliphatic heterocycles. The summed E-state index contributed by atoms with van der Waals surface area (Å²) in [6.45, 7) is 1.46. The maximum atomic E-state index is 13.6. The summed E-state index contributed by atoms with van der Waals surface area (Å²) in [5, 5.41) is 8.02. The van der Waals surface area contributed by atoms with Crippen LogP contribution in [0.1, 0.15) is 20.4 Å². The van der Waals surface area contributed by atoms with Crippen LogP contribution in [0.3, 0.4) is 0 Å². The van der Waals surface area contributed by atoms with Gasteiger partial charge in [-0.25, -0.2) is 9.37 Å². The van der Waals surface area contributed by atoms with Crippen molar-refractivity contribution in [1.29, 1.82) is 0 Å². The van der Waals surface area contributed by atoms with Crippen molar-refractivity contribution in [2.75, 3.05) is 39.5 Å². The molecule has 0 bridgehead atoms. The van der Waals surface area contributed by atoms with E-state index in [0.717, 1.165) is 36.1 Å². The van der Waals surface area contributed by atoms with Crippen LogP contribution in [0.25, 0.3) is 0 Å². The molecule has 1 atom stereocenters. The SMILES string of the molecule is CN1CCc2nc(C(=O)NC(CNC(=S)C(=O)Nc3ccc(Cl)c(F)c3)C(=O)N(C)C)sc2C1. The normalized spacial score (nSPS) is 14.0. The van der Waals surface area contributed by atoms with Crippen LogP contribution >= 0.6 is 35.2 Å². The number of carbonyl (C=O) groups is 3. The van der Waals surface area contributed by atoms with E-state index in [2.05, 4.69) is 25.8 Å². The van der Waals surface area contributed by atoms with Crippen molar-refractivity contribution in [3.8, 4) is 0 Å². The maximum absolute atomic E-state index is 13.6. The van der Waals surface area contributed by atoms with E-state index >= 15 is 0 Å². The van der Waals surface area contributed by atoms with Gasteiger partial charge in [-0.3, -0.25) is 14.4 Å². The van der Waals surface area contributed by atoms with Crippen molar-refractivity contribution in [2.24, 2.45) is 0 Å². The first kappa shape index (κ1) is 25.9. The molecule has 3 rings (SSSR count). The average Bonchev–Trinajstić information content (AvgIpc) is 3.21. The number of hydrogen-bond acceptors (Lipinski definition) is 7. The summed E-state index contributed by atoms with van der Waals surface area (Å²) < 4.78 is 13.6. The molecule has 0 spiro atoms. The number of halogens is 2. The molecule has 182 valence electrons. The number of nitrogens with one attached hydrogen (secondary N) is 3. The second-order valence-electron chi connectivity index (χ2n) is 7.93. The zero-order valence-electron chi connectivity index (χ0n) is 18.8. The van der Waals surface area contributed by atoms with E-state index in [-0.39, 0.29) is 33.2 Å². The number of thiocarbonyl (C=S) groups is 1. The molecule has 2 aromatic rings. The number of rotatable bonds is 6. The Labute approximate surface area is 210 Å². The second kappa shape index (κ2) is 11.2. The summed E-state index contributed by atoms with van der Waals surface area (Å²) in [6.07, 6.45) is 0.762. The predicted octanol–water partition coefficient (Wildman–Crippen LogP) is 1.67. The molecule has 1 aliphatic rings. The fourth-order valence-electron chi connectivity index (χ4n) is 3.19. The molecular formula is C21H24ClFN6O3S2. The van der Waals surface area contributed by atoms with Crippen molar-refractivity contribution in [3.05, 3.63) is 44.6 Å². The average molecular weight is 527 g/mol. The smallest absolute Gasteiger partial charge is 0.283 e. The lowest BCUT2D eigenvalue weighted by molar-refractivity contribution is -0.130. The zero-order valence-corrected chi connectivity index (χ0v) is 21.2. The molecule has 1 aromatic heterocycles. The van der Waals surface area contributed by atoms with E-state index in [1.807, 2.05) is 7.05 Å². The van der Waals surface area contributed by atoms with Gasteiger partial charge in [0.1, 0.15) is 11.9 Å². The van der Waals surface area contributed by atoms with Gasteiger partial charge in [0, 0.05) is 50.7 Å². The molecule has 3 amide bonds. The fraction of sp³-hybridized carbons (Fsp3) is 0.381. The molecule has 0 fully saturated rings. The summed E-state index contributed by atoms with van der Waals surface area (Å²) in [5.74, 6) is -2.25. The Bertz CT molecular complexity index is 1130. The first-order valence-electron chi connectivity index (χ1n) is 10.3. The van der Waals surface area contributed by atoms with Crippen molar-refractivity contribution in [1.82, 2.24) is 25.4 Å². The first-order chi connectivity index (χ1) is 16.0. The number of nitrogens with zero attached hydrogens (tertiary/aromatic N) is 3. The van der Waals surface area contributed by atoms with Crippen LogP contribution in [-0.2, 0) is 22.6 Å². The molecule has 0 saturated heterocycles. The number of amides is 3. The Balaban J connectivity index is 1.62. The van der Waals surface area contributed by atoms with Crippen LogP contribution < -0.4 is 16.0 Å². The summed E-state index contributed by atoms with van der Waals surface area (Å²) >= 11 is 12.0. The largest absolute Gasteiger partial charge is 0.369 e. The minimum absolute atomic E-state index is 0.0763. The molecule has 1 unspecified atom stereocenters. The van der Waals surface area contributed by atoms with Gasteiger partial charge in [-0.1, -0.05) is 23.8 Å². The third-order valence-electron chi connectivity index (χ3n) is 5.01. The zero-order chi connectivity index (χ0) is 25.0. The Morgan fingerprint density at radius 3 is 2.76 bits per heavy atom. The summed E-state index contributed by atoms with van der Waals surface area (Å²) in [6, 6.07) is 2.80. The minimum Gasteiger partial charge on any atom is -0.369 e. The van der Waals surface area contributed by atoms with Crippen molar-refractivity contribution >= 4 is 63.6 Å². The summed E-state index contributed by atoms with van der Waals surface area (Å²) in [5.41, 5.74) is 1.07. The third kappa shape index (κ3) is 6.47. The van der Waals surface area contributed by atoms with Gasteiger partial charge in [0.2, 0.25) is 5.91 Å². The molecule has 0 saturated carbocycles. The standard InChI is InChI=1S/C21H24ClFN6O3S2/c1-28(2)21(32)15(26-18(31)20-27-14-6-7-29(3)10-16(14)34-20)9-24-19(33)17(30)25-11-4-5-12(22)13(23)8-11/h4-5,8,15H,6-7,9-10H2,1-3H3,(H,24,33)(H,25,30)(H,26,31). The topological polar surface area (TPSA) is 107 Å². The van der Waals surface area contributed by atoms with E-state index in [1.54, 1.807) is 14.1 Å². The van der Waals surface area contributed by atoms with E-state index in [1.165, 1.54) is 28.4 Å². The van der Waals surface area contributed by atoms with E-state index < -0.39 is 23.7 Å². The monoisotopic (exact) mass is 526 g/mol. The molecule has 3 N–H and O–H groups in total. The minimum atomic E-state index is -0.996. The van der Waals surface area contributed by atoms with Gasteiger partial charge in [0.15, 0.2) is 10.00 Å². The van der Waals surface area contributed by atoms with Gasteiger partial charge >= 0.3 is 0 Å².